The second-order valence-corrected chi connectivity index (χ2v) is 9.12. The summed E-state index contributed by atoms with van der Waals surface area (Å²) in [6.45, 7) is 4.56. The Morgan fingerprint density at radius 1 is 0.938 bits per heavy atom. The number of hydrogen-bond acceptors (Lipinski definition) is 3. The molecule has 0 amide bonds. The Balaban J connectivity index is 1.58. The summed E-state index contributed by atoms with van der Waals surface area (Å²) in [4.78, 5) is 8.75. The van der Waals surface area contributed by atoms with E-state index in [1.54, 1.807) is 0 Å². The molecule has 0 unspecified atom stereocenters. The molecule has 1 atom stereocenters. The van der Waals surface area contributed by atoms with Crippen molar-refractivity contribution < 1.29 is 0 Å². The minimum Gasteiger partial charge on any atom is -0.357 e. The first-order valence-electron chi connectivity index (χ1n) is 12.1. The number of nitrogens with zero attached hydrogens (tertiary/aromatic N) is 2. The van der Waals surface area contributed by atoms with E-state index in [1.807, 2.05) is 18.2 Å². The van der Waals surface area contributed by atoms with Crippen molar-refractivity contribution in [3.8, 4) is 11.4 Å². The minimum absolute atomic E-state index is 0.0665. The van der Waals surface area contributed by atoms with Gasteiger partial charge < -0.3 is 4.98 Å². The molecule has 0 saturated heterocycles. The van der Waals surface area contributed by atoms with Gasteiger partial charge in [-0.3, -0.25) is 10.4 Å². The first-order chi connectivity index (χ1) is 15.7. The van der Waals surface area contributed by atoms with Crippen LogP contribution in [0.25, 0.3) is 22.3 Å². The lowest BCUT2D eigenvalue weighted by molar-refractivity contribution is 0.211. The number of benzene rings is 2. The monoisotopic (exact) mass is 427 g/mol. The minimum atomic E-state index is -0.0665. The van der Waals surface area contributed by atoms with Gasteiger partial charge in [-0.25, -0.2) is 4.98 Å². The molecule has 0 saturated carbocycles. The van der Waals surface area contributed by atoms with Crippen molar-refractivity contribution in [2.45, 2.75) is 70.4 Å². The molecule has 0 radical (unpaired) electrons. The van der Waals surface area contributed by atoms with Gasteiger partial charge in [-0.1, -0.05) is 88.1 Å². The molecule has 3 N–H and O–H groups in total. The Hall–Kier alpha value is -2.92. The van der Waals surface area contributed by atoms with E-state index in [1.165, 1.54) is 47.8 Å². The van der Waals surface area contributed by atoms with Gasteiger partial charge in [0.2, 0.25) is 0 Å². The highest BCUT2D eigenvalue weighted by Gasteiger charge is 2.42. The quantitative estimate of drug-likeness (QED) is 0.304. The molecule has 1 aliphatic heterocycles. The number of rotatable bonds is 8. The zero-order valence-electron chi connectivity index (χ0n) is 19.1. The highest BCUT2D eigenvalue weighted by atomic mass is 15.2. The first kappa shape index (κ1) is 21.0. The SMILES string of the molecule is CCCCC1(CCCC)N[C@@H](c2nc(-c3ccccc3)n[nH]2)Cc2c1[nH]c1ccccc21. The Bertz CT molecular complexity index is 1170. The molecule has 5 nitrogen and oxygen atoms in total. The molecule has 0 bridgehead atoms. The number of aromatic nitrogens is 4. The second-order valence-electron chi connectivity index (χ2n) is 9.12. The first-order valence-corrected chi connectivity index (χ1v) is 12.1. The highest BCUT2D eigenvalue weighted by Crippen LogP contribution is 2.44. The molecule has 3 heterocycles. The summed E-state index contributed by atoms with van der Waals surface area (Å²) in [5.74, 6) is 1.69. The Morgan fingerprint density at radius 2 is 1.66 bits per heavy atom. The number of hydrogen-bond donors (Lipinski definition) is 3. The van der Waals surface area contributed by atoms with E-state index < -0.39 is 0 Å². The number of fused-ring (bicyclic) bond motifs is 3. The summed E-state index contributed by atoms with van der Waals surface area (Å²) in [5.41, 5.74) is 5.04. The summed E-state index contributed by atoms with van der Waals surface area (Å²) in [7, 11) is 0. The highest BCUT2D eigenvalue weighted by molar-refractivity contribution is 5.85. The van der Waals surface area contributed by atoms with E-state index in [0.29, 0.717) is 0 Å². The van der Waals surface area contributed by atoms with Gasteiger partial charge in [0.25, 0.3) is 0 Å². The molecular formula is C27H33N5. The Kier molecular flexibility index (Phi) is 5.83. The van der Waals surface area contributed by atoms with Gasteiger partial charge in [0.1, 0.15) is 5.82 Å². The van der Waals surface area contributed by atoms with E-state index in [9.17, 15) is 0 Å². The Labute approximate surface area is 190 Å². The molecular weight excluding hydrogens is 394 g/mol. The van der Waals surface area contributed by atoms with Crippen LogP contribution >= 0.6 is 0 Å². The maximum Gasteiger partial charge on any atom is 0.181 e. The van der Waals surface area contributed by atoms with Crippen LogP contribution in [0.1, 0.15) is 75.5 Å². The molecule has 0 fully saturated rings. The standard InChI is InChI=1S/C27H33N5/c1-3-5-16-27(17-6-4-2)24-21(20-14-10-11-15-22(20)28-24)18-23(30-27)26-29-25(31-32-26)19-12-8-7-9-13-19/h7-15,23,28,30H,3-6,16-18H2,1-2H3,(H,29,31,32)/t23-/m1/s1. The van der Waals surface area contributed by atoms with Crippen LogP contribution in [0.5, 0.6) is 0 Å². The summed E-state index contributed by atoms with van der Waals surface area (Å²) in [6.07, 6.45) is 7.93. The zero-order chi connectivity index (χ0) is 22.0. The van der Waals surface area contributed by atoms with Crippen molar-refractivity contribution in [2.75, 3.05) is 0 Å². The summed E-state index contributed by atoms with van der Waals surface area (Å²) in [6, 6.07) is 19.0. The fourth-order valence-electron chi connectivity index (χ4n) is 5.27. The number of para-hydroxylation sites is 1. The van der Waals surface area contributed by atoms with Crippen molar-refractivity contribution in [2.24, 2.45) is 0 Å². The molecule has 0 aliphatic carbocycles. The van der Waals surface area contributed by atoms with Crippen molar-refractivity contribution in [3.63, 3.8) is 0 Å². The van der Waals surface area contributed by atoms with Crippen LogP contribution in [0.4, 0.5) is 0 Å². The van der Waals surface area contributed by atoms with Gasteiger partial charge in [0, 0.05) is 22.2 Å². The van der Waals surface area contributed by atoms with Crippen molar-refractivity contribution in [1.29, 1.82) is 0 Å². The maximum atomic E-state index is 4.93. The number of aromatic amines is 2. The van der Waals surface area contributed by atoms with Crippen LogP contribution in [-0.2, 0) is 12.0 Å². The molecule has 1 aliphatic rings. The Morgan fingerprint density at radius 3 is 2.41 bits per heavy atom. The van der Waals surface area contributed by atoms with Crippen molar-refractivity contribution in [3.05, 3.63) is 71.7 Å². The molecule has 5 heteroatoms. The predicted octanol–water partition coefficient (Wildman–Crippen LogP) is 6.42. The predicted molar refractivity (Wildman–Crippen MR) is 130 cm³/mol. The van der Waals surface area contributed by atoms with Crippen LogP contribution in [0.2, 0.25) is 0 Å². The van der Waals surface area contributed by atoms with E-state index in [-0.39, 0.29) is 11.6 Å². The van der Waals surface area contributed by atoms with Crippen LogP contribution < -0.4 is 5.32 Å². The number of H-pyrrole nitrogens is 2. The van der Waals surface area contributed by atoms with Gasteiger partial charge in [0.15, 0.2) is 5.82 Å². The fraction of sp³-hybridized carbons (Fsp3) is 0.407. The number of nitrogens with one attached hydrogen (secondary N) is 3. The molecule has 5 rings (SSSR count). The van der Waals surface area contributed by atoms with Crippen LogP contribution in [-0.4, -0.2) is 20.2 Å². The number of unbranched alkanes of at least 4 members (excludes halogenated alkanes) is 2. The van der Waals surface area contributed by atoms with E-state index in [0.717, 1.165) is 36.5 Å². The van der Waals surface area contributed by atoms with Gasteiger partial charge >= 0.3 is 0 Å². The summed E-state index contributed by atoms with van der Waals surface area (Å²) >= 11 is 0. The maximum absolute atomic E-state index is 4.93. The van der Waals surface area contributed by atoms with E-state index >= 15 is 0 Å². The topological polar surface area (TPSA) is 69.4 Å². The van der Waals surface area contributed by atoms with Gasteiger partial charge in [0.05, 0.1) is 11.6 Å². The third-order valence-corrected chi connectivity index (χ3v) is 6.93. The molecule has 0 spiro atoms. The van der Waals surface area contributed by atoms with Gasteiger partial charge in [-0.15, -0.1) is 0 Å². The lowest BCUT2D eigenvalue weighted by Gasteiger charge is -2.42. The van der Waals surface area contributed by atoms with E-state index in [2.05, 4.69) is 70.7 Å². The molecule has 166 valence electrons. The smallest absolute Gasteiger partial charge is 0.181 e. The molecule has 2 aromatic carbocycles. The van der Waals surface area contributed by atoms with Crippen LogP contribution in [0, 0.1) is 0 Å². The lowest BCUT2D eigenvalue weighted by atomic mass is 9.77. The van der Waals surface area contributed by atoms with Crippen LogP contribution in [0.15, 0.2) is 54.6 Å². The summed E-state index contributed by atoms with van der Waals surface area (Å²) < 4.78 is 0. The van der Waals surface area contributed by atoms with Crippen LogP contribution in [0.3, 0.4) is 0 Å². The van der Waals surface area contributed by atoms with E-state index in [4.69, 9.17) is 4.98 Å². The van der Waals surface area contributed by atoms with Gasteiger partial charge in [-0.05, 0) is 30.9 Å². The van der Waals surface area contributed by atoms with Crippen molar-refractivity contribution in [1.82, 2.24) is 25.5 Å². The van der Waals surface area contributed by atoms with Gasteiger partial charge in [-0.2, -0.15) is 5.10 Å². The zero-order valence-corrected chi connectivity index (χ0v) is 19.1. The third kappa shape index (κ3) is 3.75. The second kappa shape index (κ2) is 8.91. The molecule has 4 aromatic rings. The normalized spacial score (nSPS) is 17.5. The van der Waals surface area contributed by atoms with Crippen molar-refractivity contribution >= 4 is 10.9 Å². The average Bonchev–Trinajstić information content (AvgIpc) is 3.48. The largest absolute Gasteiger partial charge is 0.357 e. The average molecular weight is 428 g/mol. The summed E-state index contributed by atoms with van der Waals surface area (Å²) in [5, 5.41) is 13.2. The molecule has 32 heavy (non-hydrogen) atoms. The fourth-order valence-corrected chi connectivity index (χ4v) is 5.27. The molecule has 2 aromatic heterocycles. The lowest BCUT2D eigenvalue weighted by Crippen LogP contribution is -2.49. The third-order valence-electron chi connectivity index (χ3n) is 6.93.